The van der Waals surface area contributed by atoms with E-state index in [-0.39, 0.29) is 12.6 Å². The summed E-state index contributed by atoms with van der Waals surface area (Å²) >= 11 is 0. The lowest BCUT2D eigenvalue weighted by molar-refractivity contribution is -0.123. The Morgan fingerprint density at radius 1 is 1.22 bits per heavy atom. The molecule has 3 aromatic rings. The summed E-state index contributed by atoms with van der Waals surface area (Å²) in [4.78, 5) is 35.2. The molecule has 0 unspecified atom stereocenters. The summed E-state index contributed by atoms with van der Waals surface area (Å²) in [6.07, 6.45) is 0.946. The maximum Gasteiger partial charge on any atom is 0.405 e. The van der Waals surface area contributed by atoms with Gasteiger partial charge in [0.1, 0.15) is 24.5 Å². The molecule has 1 saturated heterocycles. The minimum Gasteiger partial charge on any atom is -0.364 e. The van der Waals surface area contributed by atoms with E-state index in [0.717, 1.165) is 5.56 Å². The number of nitrogens with one attached hydrogen (secondary N) is 2. The Balaban J connectivity index is 1.53. The maximum absolute atomic E-state index is 12.3. The number of anilines is 1. The molecule has 0 saturated carbocycles. The Kier molecular flexibility index (Phi) is 5.80. The number of rotatable bonds is 5. The molecule has 2 amide bonds. The fraction of sp³-hybridized carbons (Fsp3) is 0.474. The molecule has 3 aromatic heterocycles. The van der Waals surface area contributed by atoms with Crippen molar-refractivity contribution < 1.29 is 18.0 Å². The number of fused-ring (bicyclic) bond motifs is 1. The van der Waals surface area contributed by atoms with E-state index < -0.39 is 18.8 Å². The molecule has 1 atom stereocenters. The van der Waals surface area contributed by atoms with Crippen molar-refractivity contribution in [1.82, 2.24) is 39.7 Å². The third-order valence-electron chi connectivity index (χ3n) is 5.14. The smallest absolute Gasteiger partial charge is 0.364 e. The summed E-state index contributed by atoms with van der Waals surface area (Å²) in [6, 6.07) is -0.918. The van der Waals surface area contributed by atoms with Crippen molar-refractivity contribution in [2.24, 2.45) is 0 Å². The summed E-state index contributed by atoms with van der Waals surface area (Å²) in [7, 11) is 0. The number of likely N-dealkylation sites (tertiary alicyclic amines) is 1. The predicted molar refractivity (Wildman–Crippen MR) is 110 cm³/mol. The van der Waals surface area contributed by atoms with Crippen molar-refractivity contribution in [2.45, 2.75) is 39.0 Å². The molecule has 0 aliphatic carbocycles. The lowest BCUT2D eigenvalue weighted by Gasteiger charge is -2.18. The highest BCUT2D eigenvalue weighted by molar-refractivity contribution is 5.86. The molecule has 1 aliphatic rings. The SMILES string of the molecule is CCn1c(-c2cnc(C)nc2)nc2c(N[C@H]3CCN(C(=O)NCC(F)(F)F)C3)ncnc21. The third kappa shape index (κ3) is 4.55. The van der Waals surface area contributed by atoms with E-state index in [9.17, 15) is 18.0 Å². The first-order chi connectivity index (χ1) is 15.2. The Bertz CT molecular complexity index is 1110. The Morgan fingerprint density at radius 2 is 1.97 bits per heavy atom. The van der Waals surface area contributed by atoms with Crippen molar-refractivity contribution in [2.75, 3.05) is 25.0 Å². The third-order valence-corrected chi connectivity index (χ3v) is 5.14. The van der Waals surface area contributed by atoms with Crippen LogP contribution in [0.25, 0.3) is 22.6 Å². The first-order valence-electron chi connectivity index (χ1n) is 10.1. The number of halogens is 3. The highest BCUT2D eigenvalue weighted by atomic mass is 19.4. The molecule has 0 bridgehead atoms. The number of aromatic nitrogens is 6. The minimum atomic E-state index is -4.45. The second-order valence-corrected chi connectivity index (χ2v) is 7.44. The van der Waals surface area contributed by atoms with Gasteiger partial charge in [-0.3, -0.25) is 0 Å². The zero-order valence-corrected chi connectivity index (χ0v) is 17.5. The van der Waals surface area contributed by atoms with Crippen LogP contribution < -0.4 is 10.6 Å². The number of carbonyl (C=O) groups is 1. The van der Waals surface area contributed by atoms with Crippen LogP contribution in [0.4, 0.5) is 23.8 Å². The molecule has 32 heavy (non-hydrogen) atoms. The summed E-state index contributed by atoms with van der Waals surface area (Å²) < 4.78 is 39.0. The molecule has 2 N–H and O–H groups in total. The number of urea groups is 1. The molecule has 13 heteroatoms. The Labute approximate surface area is 181 Å². The van der Waals surface area contributed by atoms with Crippen LogP contribution in [0.5, 0.6) is 0 Å². The molecule has 10 nitrogen and oxygen atoms in total. The van der Waals surface area contributed by atoms with Gasteiger partial charge in [0.15, 0.2) is 17.0 Å². The van der Waals surface area contributed by atoms with Crippen molar-refractivity contribution >= 4 is 23.0 Å². The molecule has 4 heterocycles. The Morgan fingerprint density at radius 3 is 2.66 bits per heavy atom. The fourth-order valence-electron chi connectivity index (χ4n) is 3.61. The fourth-order valence-corrected chi connectivity index (χ4v) is 3.61. The quantitative estimate of drug-likeness (QED) is 0.615. The van der Waals surface area contributed by atoms with Gasteiger partial charge < -0.3 is 20.1 Å². The molecular weight excluding hydrogens is 427 g/mol. The van der Waals surface area contributed by atoms with Gasteiger partial charge in [0, 0.05) is 38.1 Å². The molecule has 1 aliphatic heterocycles. The lowest BCUT2D eigenvalue weighted by atomic mass is 10.2. The van der Waals surface area contributed by atoms with Crippen molar-refractivity contribution in [3.8, 4) is 11.4 Å². The lowest BCUT2D eigenvalue weighted by Crippen LogP contribution is -2.43. The number of imidazole rings is 1. The minimum absolute atomic E-state index is 0.178. The topological polar surface area (TPSA) is 114 Å². The van der Waals surface area contributed by atoms with Crippen LogP contribution in [0.2, 0.25) is 0 Å². The van der Waals surface area contributed by atoms with Gasteiger partial charge in [-0.15, -0.1) is 0 Å². The van der Waals surface area contributed by atoms with Crippen LogP contribution in [-0.2, 0) is 6.54 Å². The standard InChI is InChI=1S/C19H22F3N9O/c1-3-31-16(12-6-23-11(2)24-7-12)29-14-15(26-10-27-17(14)31)28-13-4-5-30(8-13)18(32)25-9-19(20,21)22/h6-7,10,13H,3-5,8-9H2,1-2H3,(H,25,32)(H,26,27,28)/t13-/m0/s1. The number of alkyl halides is 3. The largest absolute Gasteiger partial charge is 0.405 e. The van der Waals surface area contributed by atoms with Crippen LogP contribution >= 0.6 is 0 Å². The normalized spacial score (nSPS) is 16.5. The number of hydrogen-bond acceptors (Lipinski definition) is 7. The van der Waals surface area contributed by atoms with Crippen LogP contribution in [0.3, 0.4) is 0 Å². The van der Waals surface area contributed by atoms with E-state index in [4.69, 9.17) is 4.98 Å². The van der Waals surface area contributed by atoms with Crippen molar-refractivity contribution in [3.05, 3.63) is 24.5 Å². The highest BCUT2D eigenvalue weighted by Crippen LogP contribution is 2.27. The van der Waals surface area contributed by atoms with Crippen molar-refractivity contribution in [3.63, 3.8) is 0 Å². The molecule has 170 valence electrons. The number of carbonyl (C=O) groups excluding carboxylic acids is 1. The first kappa shape index (κ1) is 21.7. The van der Waals surface area contributed by atoms with Crippen LogP contribution in [0.1, 0.15) is 19.2 Å². The molecule has 0 spiro atoms. The zero-order chi connectivity index (χ0) is 22.9. The van der Waals surface area contributed by atoms with Gasteiger partial charge in [0.2, 0.25) is 0 Å². The summed E-state index contributed by atoms with van der Waals surface area (Å²) in [6.45, 7) is 3.63. The number of amides is 2. The predicted octanol–water partition coefficient (Wildman–Crippen LogP) is 2.37. The second kappa shape index (κ2) is 8.55. The number of hydrogen-bond donors (Lipinski definition) is 2. The van der Waals surface area contributed by atoms with E-state index in [1.807, 2.05) is 16.8 Å². The van der Waals surface area contributed by atoms with E-state index in [1.165, 1.54) is 11.2 Å². The average molecular weight is 449 g/mol. The number of nitrogens with zero attached hydrogens (tertiary/aromatic N) is 7. The van der Waals surface area contributed by atoms with Crippen LogP contribution in [0, 0.1) is 6.92 Å². The molecule has 4 rings (SSSR count). The van der Waals surface area contributed by atoms with E-state index >= 15 is 0 Å². The van der Waals surface area contributed by atoms with Gasteiger partial charge >= 0.3 is 12.2 Å². The van der Waals surface area contributed by atoms with Gasteiger partial charge in [0.05, 0.1) is 5.56 Å². The van der Waals surface area contributed by atoms with E-state index in [0.29, 0.717) is 48.1 Å². The number of aryl methyl sites for hydroxylation is 2. The maximum atomic E-state index is 12.3. The van der Waals surface area contributed by atoms with Crippen LogP contribution in [0.15, 0.2) is 18.7 Å². The average Bonchev–Trinajstić information content (AvgIpc) is 3.37. The van der Waals surface area contributed by atoms with E-state index in [1.54, 1.807) is 19.3 Å². The molecule has 1 fully saturated rings. The molecule has 0 aromatic carbocycles. The van der Waals surface area contributed by atoms with E-state index in [2.05, 4.69) is 25.3 Å². The van der Waals surface area contributed by atoms with Gasteiger partial charge in [-0.25, -0.2) is 29.7 Å². The van der Waals surface area contributed by atoms with Gasteiger partial charge in [-0.1, -0.05) is 0 Å². The first-order valence-corrected chi connectivity index (χ1v) is 10.1. The summed E-state index contributed by atoms with van der Waals surface area (Å²) in [5.74, 6) is 1.81. The van der Waals surface area contributed by atoms with Gasteiger partial charge in [0.25, 0.3) is 0 Å². The molecule has 0 radical (unpaired) electrons. The monoisotopic (exact) mass is 449 g/mol. The molecular formula is C19H22F3N9O. The zero-order valence-electron chi connectivity index (χ0n) is 17.5. The highest BCUT2D eigenvalue weighted by Gasteiger charge is 2.32. The van der Waals surface area contributed by atoms with Crippen LogP contribution in [-0.4, -0.2) is 72.3 Å². The van der Waals surface area contributed by atoms with Gasteiger partial charge in [-0.05, 0) is 20.3 Å². The second-order valence-electron chi connectivity index (χ2n) is 7.44. The summed E-state index contributed by atoms with van der Waals surface area (Å²) in [5.41, 5.74) is 1.94. The van der Waals surface area contributed by atoms with Crippen molar-refractivity contribution in [1.29, 1.82) is 0 Å². The Hall–Kier alpha value is -3.51. The summed E-state index contributed by atoms with van der Waals surface area (Å²) in [5, 5.41) is 5.16. The van der Waals surface area contributed by atoms with Gasteiger partial charge in [-0.2, -0.15) is 13.2 Å².